The van der Waals surface area contributed by atoms with Crippen molar-refractivity contribution in [3.8, 4) is 0 Å². The van der Waals surface area contributed by atoms with Crippen molar-refractivity contribution in [2.45, 2.75) is 439 Å². The number of unbranched alkanes of at least 4 members (excludes halogenated alkanes) is 47. The number of aliphatic hydroxyl groups excluding tert-OH is 1. The summed E-state index contributed by atoms with van der Waals surface area (Å²) in [5, 5.41) is 10.6. The van der Waals surface area contributed by atoms with Gasteiger partial charge in [-0.3, -0.25) is 37.3 Å². The lowest BCUT2D eigenvalue weighted by atomic mass is 9.99. The van der Waals surface area contributed by atoms with Crippen LogP contribution < -0.4 is 0 Å². The summed E-state index contributed by atoms with van der Waals surface area (Å²) in [6, 6.07) is 0. The highest BCUT2D eigenvalue weighted by atomic mass is 31.2. The Labute approximate surface area is 631 Å². The van der Waals surface area contributed by atoms with Gasteiger partial charge in [-0.05, 0) is 63.2 Å². The molecule has 3 unspecified atom stereocenters. The van der Waals surface area contributed by atoms with E-state index >= 15 is 0 Å². The predicted molar refractivity (Wildman–Crippen MR) is 423 cm³/mol. The Kier molecular flexibility index (Phi) is 73.2. The van der Waals surface area contributed by atoms with Crippen LogP contribution in [0.1, 0.15) is 420 Å². The SMILES string of the molecule is CCCCCC/C=C\C=C/CCCCCCCC(=O)O[C@H](COC(=O)CCCCCCC)COP(=O)(O)OC[C@H](O)COP(=O)(O)OC[C@@H](COC(=O)CCCCCCCCCCCCCCCCCCCCC(C)C)OC(=O)CCCCCCCCCCCCCCCCCCCCC(C)CC. The van der Waals surface area contributed by atoms with Gasteiger partial charge >= 0.3 is 39.5 Å². The van der Waals surface area contributed by atoms with Gasteiger partial charge in [0.1, 0.15) is 19.3 Å². The standard InChI is InChI=1S/C84H160O17P2/c1-7-10-12-14-15-16-17-18-27-35-40-45-50-56-62-68-83(88)100-79(72-94-81(86)66-60-52-13-11-8-2)74-98-102(90,91)96-70-78(85)71-97-103(92,93)99-75-80(73-95-82(87)67-61-55-49-44-39-34-30-25-21-19-23-28-32-37-42-47-53-58-64-76(4)5)101-84(89)69-63-57-51-46-41-36-31-26-22-20-24-29-33-38-43-48-54-59-65-77(6)9-3/h16-18,27,76-80,85H,7-15,19-26,28-75H2,1-6H3,(H,90,91)(H,92,93)/b17-16-,27-18-/t77?,78-,79+,80+/m0/s1. The molecule has 3 N–H and O–H groups in total. The normalized spacial score (nSPS) is 14.3. The molecule has 0 saturated heterocycles. The van der Waals surface area contributed by atoms with Crippen LogP contribution in [0.4, 0.5) is 0 Å². The summed E-state index contributed by atoms with van der Waals surface area (Å²) in [7, 11) is -9.92. The number of hydrogen-bond acceptors (Lipinski definition) is 15. The van der Waals surface area contributed by atoms with Crippen LogP contribution in [0.5, 0.6) is 0 Å². The second kappa shape index (κ2) is 75.0. The molecule has 0 rings (SSSR count). The molecule has 0 aliphatic carbocycles. The number of allylic oxidation sites excluding steroid dienone is 4. The van der Waals surface area contributed by atoms with E-state index in [1.54, 1.807) is 0 Å². The number of phosphoric ester groups is 2. The van der Waals surface area contributed by atoms with Gasteiger partial charge in [-0.1, -0.05) is 368 Å². The molecule has 19 heteroatoms. The maximum absolute atomic E-state index is 13.1. The van der Waals surface area contributed by atoms with Crippen LogP contribution in [0.25, 0.3) is 0 Å². The van der Waals surface area contributed by atoms with Crippen molar-refractivity contribution in [2.24, 2.45) is 11.8 Å². The molecule has 0 aromatic heterocycles. The van der Waals surface area contributed by atoms with Crippen molar-refractivity contribution in [3.63, 3.8) is 0 Å². The van der Waals surface area contributed by atoms with Crippen LogP contribution in [0, 0.1) is 11.8 Å². The molecule has 0 bridgehead atoms. The first-order valence-electron chi connectivity index (χ1n) is 42.8. The van der Waals surface area contributed by atoms with Gasteiger partial charge in [0.05, 0.1) is 26.4 Å². The molecule has 0 aliphatic rings. The third-order valence-corrected chi connectivity index (χ3v) is 21.3. The van der Waals surface area contributed by atoms with Gasteiger partial charge in [0.15, 0.2) is 12.2 Å². The molecule has 0 aromatic carbocycles. The van der Waals surface area contributed by atoms with E-state index in [0.29, 0.717) is 25.7 Å². The topological polar surface area (TPSA) is 237 Å². The van der Waals surface area contributed by atoms with E-state index in [9.17, 15) is 43.2 Å². The lowest BCUT2D eigenvalue weighted by molar-refractivity contribution is -0.161. The van der Waals surface area contributed by atoms with E-state index in [2.05, 4.69) is 65.8 Å². The van der Waals surface area contributed by atoms with Crippen LogP contribution in [0.15, 0.2) is 24.3 Å². The van der Waals surface area contributed by atoms with Crippen LogP contribution in [-0.2, 0) is 65.4 Å². The minimum Gasteiger partial charge on any atom is -0.462 e. The van der Waals surface area contributed by atoms with Gasteiger partial charge in [0, 0.05) is 25.7 Å². The predicted octanol–water partition coefficient (Wildman–Crippen LogP) is 25.0. The summed E-state index contributed by atoms with van der Waals surface area (Å²) >= 11 is 0. The molecule has 0 aromatic rings. The van der Waals surface area contributed by atoms with Gasteiger partial charge in [-0.25, -0.2) is 9.13 Å². The second-order valence-corrected chi connectivity index (χ2v) is 33.2. The molecule has 6 atom stereocenters. The van der Waals surface area contributed by atoms with E-state index < -0.39 is 97.5 Å². The number of carbonyl (C=O) groups is 4. The molecule has 0 amide bonds. The van der Waals surface area contributed by atoms with E-state index in [1.165, 1.54) is 218 Å². The molecule has 0 radical (unpaired) electrons. The number of aliphatic hydroxyl groups is 1. The molecule has 0 saturated carbocycles. The van der Waals surface area contributed by atoms with Gasteiger partial charge in [0.25, 0.3) is 0 Å². The summed E-state index contributed by atoms with van der Waals surface area (Å²) in [6.45, 7) is 9.59. The molecule has 0 spiro atoms. The Hall–Kier alpha value is -2.46. The Morgan fingerprint density at radius 3 is 0.874 bits per heavy atom. The molecule has 0 fully saturated rings. The highest BCUT2D eigenvalue weighted by Gasteiger charge is 2.30. The van der Waals surface area contributed by atoms with Crippen molar-refractivity contribution in [1.82, 2.24) is 0 Å². The van der Waals surface area contributed by atoms with E-state index in [0.717, 1.165) is 121 Å². The monoisotopic (exact) mass is 1500 g/mol. The lowest BCUT2D eigenvalue weighted by Gasteiger charge is -2.21. The van der Waals surface area contributed by atoms with E-state index in [-0.39, 0.29) is 25.7 Å². The summed E-state index contributed by atoms with van der Waals surface area (Å²) < 4.78 is 68.5. The molecule has 17 nitrogen and oxygen atoms in total. The van der Waals surface area contributed by atoms with Gasteiger partial charge in [-0.2, -0.15) is 0 Å². The molecule has 608 valence electrons. The van der Waals surface area contributed by atoms with E-state index in [1.807, 2.05) is 0 Å². The summed E-state index contributed by atoms with van der Waals surface area (Å²) in [6.07, 6.45) is 69.4. The number of ether oxygens (including phenoxy) is 4. The molecular weight excluding hydrogens is 1340 g/mol. The smallest absolute Gasteiger partial charge is 0.462 e. The minimum atomic E-state index is -4.97. The fourth-order valence-electron chi connectivity index (χ4n) is 12.5. The Balaban J connectivity index is 5.13. The third kappa shape index (κ3) is 76.1. The number of hydrogen-bond donors (Lipinski definition) is 3. The zero-order valence-corrected chi connectivity index (χ0v) is 68.9. The Morgan fingerprint density at radius 1 is 0.320 bits per heavy atom. The van der Waals surface area contributed by atoms with Crippen molar-refractivity contribution < 1.29 is 80.2 Å². The third-order valence-electron chi connectivity index (χ3n) is 19.4. The Bertz CT molecular complexity index is 2070. The number of phosphoric acid groups is 2. The second-order valence-electron chi connectivity index (χ2n) is 30.3. The van der Waals surface area contributed by atoms with Crippen molar-refractivity contribution >= 4 is 39.5 Å². The van der Waals surface area contributed by atoms with Gasteiger partial charge < -0.3 is 33.8 Å². The average Bonchev–Trinajstić information content (AvgIpc) is 0.967. The van der Waals surface area contributed by atoms with Gasteiger partial charge in [0.2, 0.25) is 0 Å². The van der Waals surface area contributed by atoms with Crippen molar-refractivity contribution in [2.75, 3.05) is 39.6 Å². The van der Waals surface area contributed by atoms with Crippen molar-refractivity contribution in [1.29, 1.82) is 0 Å². The quantitative estimate of drug-likeness (QED) is 0.0169. The zero-order chi connectivity index (χ0) is 75.6. The van der Waals surface area contributed by atoms with Crippen LogP contribution in [-0.4, -0.2) is 96.7 Å². The van der Waals surface area contributed by atoms with Crippen LogP contribution in [0.3, 0.4) is 0 Å². The van der Waals surface area contributed by atoms with Crippen LogP contribution in [0.2, 0.25) is 0 Å². The maximum atomic E-state index is 13.1. The van der Waals surface area contributed by atoms with Gasteiger partial charge in [-0.15, -0.1) is 0 Å². The summed E-state index contributed by atoms with van der Waals surface area (Å²) in [5.74, 6) is -0.457. The summed E-state index contributed by atoms with van der Waals surface area (Å²) in [5.41, 5.74) is 0. The number of esters is 4. The fraction of sp³-hybridized carbons (Fsp3) is 0.905. The minimum absolute atomic E-state index is 0.0843. The molecule has 0 heterocycles. The largest absolute Gasteiger partial charge is 0.472 e. The first-order valence-corrected chi connectivity index (χ1v) is 45.8. The Morgan fingerprint density at radius 2 is 0.573 bits per heavy atom. The molecule has 0 aliphatic heterocycles. The number of carbonyl (C=O) groups excluding carboxylic acids is 4. The van der Waals surface area contributed by atoms with E-state index in [4.69, 9.17) is 37.0 Å². The first kappa shape index (κ1) is 101. The lowest BCUT2D eigenvalue weighted by Crippen LogP contribution is -2.30. The highest BCUT2D eigenvalue weighted by Crippen LogP contribution is 2.45. The average molecular weight is 1500 g/mol. The molecule has 103 heavy (non-hydrogen) atoms. The summed E-state index contributed by atoms with van der Waals surface area (Å²) in [4.78, 5) is 72.8. The van der Waals surface area contributed by atoms with Crippen molar-refractivity contribution in [3.05, 3.63) is 24.3 Å². The first-order chi connectivity index (χ1) is 49.9. The molecular formula is C84H160O17P2. The highest BCUT2D eigenvalue weighted by molar-refractivity contribution is 7.47. The zero-order valence-electron chi connectivity index (χ0n) is 67.1. The fourth-order valence-corrected chi connectivity index (χ4v) is 14.1. The number of rotatable bonds is 81. The maximum Gasteiger partial charge on any atom is 0.472 e. The van der Waals surface area contributed by atoms with Crippen LogP contribution >= 0.6 is 15.6 Å².